The van der Waals surface area contributed by atoms with E-state index in [4.69, 9.17) is 11.6 Å². The lowest BCUT2D eigenvalue weighted by molar-refractivity contribution is 0.0947. The molecule has 0 aromatic heterocycles. The van der Waals surface area contributed by atoms with E-state index in [0.29, 0.717) is 18.5 Å². The predicted molar refractivity (Wildman–Crippen MR) is 60.8 cm³/mol. The van der Waals surface area contributed by atoms with Gasteiger partial charge in [-0.05, 0) is 25.8 Å². The fourth-order valence-electron chi connectivity index (χ4n) is 2.33. The summed E-state index contributed by atoms with van der Waals surface area (Å²) in [7, 11) is 2.10. The van der Waals surface area contributed by atoms with Gasteiger partial charge in [-0.15, -0.1) is 11.6 Å². The molecule has 0 spiro atoms. The fraction of sp³-hybridized carbons (Fsp3) is 1.00. The van der Waals surface area contributed by atoms with Gasteiger partial charge in [0.1, 0.15) is 0 Å². The van der Waals surface area contributed by atoms with E-state index in [1.165, 1.54) is 25.7 Å². The highest BCUT2D eigenvalue weighted by Gasteiger charge is 2.23. The molecule has 1 saturated carbocycles. The molecule has 0 bridgehead atoms. The second kappa shape index (κ2) is 5.94. The maximum absolute atomic E-state index is 9.45. The van der Waals surface area contributed by atoms with E-state index in [1.54, 1.807) is 0 Å². The Bertz CT molecular complexity index is 165. The van der Waals surface area contributed by atoms with Crippen molar-refractivity contribution in [2.75, 3.05) is 19.5 Å². The van der Waals surface area contributed by atoms with Crippen molar-refractivity contribution >= 4 is 11.6 Å². The average Bonchev–Trinajstić information content (AvgIpc) is 2.17. The van der Waals surface area contributed by atoms with Crippen molar-refractivity contribution < 1.29 is 5.11 Å². The van der Waals surface area contributed by atoms with Gasteiger partial charge in [-0.2, -0.15) is 0 Å². The van der Waals surface area contributed by atoms with Crippen LogP contribution in [0.15, 0.2) is 0 Å². The summed E-state index contributed by atoms with van der Waals surface area (Å²) in [6.45, 7) is 3.03. The number of likely N-dealkylation sites (N-methyl/N-ethyl adjacent to an activating group) is 1. The van der Waals surface area contributed by atoms with Crippen molar-refractivity contribution in [1.82, 2.24) is 4.90 Å². The first-order chi connectivity index (χ1) is 6.63. The predicted octanol–water partition coefficient (Wildman–Crippen LogP) is 2.10. The van der Waals surface area contributed by atoms with E-state index in [2.05, 4.69) is 18.9 Å². The van der Waals surface area contributed by atoms with Gasteiger partial charge in [0.2, 0.25) is 0 Å². The van der Waals surface area contributed by atoms with Crippen molar-refractivity contribution in [2.45, 2.75) is 44.8 Å². The number of hydrogen-bond acceptors (Lipinski definition) is 2. The number of hydrogen-bond donors (Lipinski definition) is 1. The molecule has 0 amide bonds. The minimum atomic E-state index is -0.376. The van der Waals surface area contributed by atoms with E-state index < -0.39 is 0 Å². The van der Waals surface area contributed by atoms with Crippen LogP contribution >= 0.6 is 11.6 Å². The monoisotopic (exact) mass is 219 g/mol. The Morgan fingerprint density at radius 1 is 1.50 bits per heavy atom. The molecule has 1 fully saturated rings. The van der Waals surface area contributed by atoms with Crippen LogP contribution in [0.4, 0.5) is 0 Å². The molecule has 0 aromatic carbocycles. The van der Waals surface area contributed by atoms with Gasteiger partial charge in [0.05, 0.1) is 6.10 Å². The summed E-state index contributed by atoms with van der Waals surface area (Å²) in [6.07, 6.45) is 4.86. The number of aliphatic hydroxyl groups excluding tert-OH is 1. The minimum absolute atomic E-state index is 0.340. The van der Waals surface area contributed by atoms with Crippen LogP contribution in [0.25, 0.3) is 0 Å². The van der Waals surface area contributed by atoms with Gasteiger partial charge < -0.3 is 10.0 Å². The third-order valence-corrected chi connectivity index (χ3v) is 3.57. The van der Waals surface area contributed by atoms with Crippen LogP contribution in [0, 0.1) is 5.92 Å². The molecule has 1 rings (SSSR count). The lowest BCUT2D eigenvalue weighted by Crippen LogP contribution is -2.40. The molecule has 2 nitrogen and oxygen atoms in total. The van der Waals surface area contributed by atoms with Crippen molar-refractivity contribution in [2.24, 2.45) is 5.92 Å². The Balaban J connectivity index is 2.31. The average molecular weight is 220 g/mol. The van der Waals surface area contributed by atoms with Gasteiger partial charge in [0.25, 0.3) is 0 Å². The van der Waals surface area contributed by atoms with Crippen molar-refractivity contribution in [3.63, 3.8) is 0 Å². The van der Waals surface area contributed by atoms with Crippen LogP contribution in [0.2, 0.25) is 0 Å². The highest BCUT2D eigenvalue weighted by atomic mass is 35.5. The summed E-state index contributed by atoms with van der Waals surface area (Å²) in [5.74, 6) is 1.18. The molecule has 1 aliphatic rings. The zero-order valence-electron chi connectivity index (χ0n) is 9.25. The first kappa shape index (κ1) is 12.3. The molecule has 0 saturated heterocycles. The summed E-state index contributed by atoms with van der Waals surface area (Å²) in [5.41, 5.74) is 0. The Kier molecular flexibility index (Phi) is 5.21. The fourth-order valence-corrected chi connectivity index (χ4v) is 2.43. The smallest absolute Gasteiger partial charge is 0.0802 e. The van der Waals surface area contributed by atoms with Crippen LogP contribution in [0.3, 0.4) is 0 Å². The molecule has 84 valence electrons. The maximum atomic E-state index is 9.45. The Morgan fingerprint density at radius 2 is 2.21 bits per heavy atom. The number of nitrogens with zero attached hydrogens (tertiary/aromatic N) is 1. The van der Waals surface area contributed by atoms with Gasteiger partial charge in [-0.3, -0.25) is 0 Å². The van der Waals surface area contributed by atoms with Crippen molar-refractivity contribution in [3.05, 3.63) is 0 Å². The number of rotatable bonds is 4. The summed E-state index contributed by atoms with van der Waals surface area (Å²) in [6, 6.07) is 0.650. The first-order valence-corrected chi connectivity index (χ1v) is 6.11. The normalized spacial score (nSPS) is 30.6. The van der Waals surface area contributed by atoms with Gasteiger partial charge >= 0.3 is 0 Å². The quantitative estimate of drug-likeness (QED) is 0.733. The number of alkyl halides is 1. The third-order valence-electron chi connectivity index (χ3n) is 3.21. The van der Waals surface area contributed by atoms with Crippen LogP contribution < -0.4 is 0 Å². The van der Waals surface area contributed by atoms with Crippen LogP contribution in [0.1, 0.15) is 32.6 Å². The molecule has 14 heavy (non-hydrogen) atoms. The van der Waals surface area contributed by atoms with Gasteiger partial charge in [-0.1, -0.05) is 19.8 Å². The third kappa shape index (κ3) is 3.76. The van der Waals surface area contributed by atoms with Gasteiger partial charge in [0.15, 0.2) is 0 Å². The number of aliphatic hydroxyl groups is 1. The summed E-state index contributed by atoms with van der Waals surface area (Å²) >= 11 is 5.59. The topological polar surface area (TPSA) is 23.5 Å². The van der Waals surface area contributed by atoms with E-state index in [0.717, 1.165) is 5.92 Å². The maximum Gasteiger partial charge on any atom is 0.0802 e. The molecule has 0 aliphatic heterocycles. The summed E-state index contributed by atoms with van der Waals surface area (Å²) in [4.78, 5) is 2.27. The second-order valence-corrected chi connectivity index (χ2v) is 4.98. The highest BCUT2D eigenvalue weighted by molar-refractivity contribution is 6.18. The van der Waals surface area contributed by atoms with E-state index in [1.807, 2.05) is 0 Å². The van der Waals surface area contributed by atoms with E-state index in [-0.39, 0.29) is 6.10 Å². The zero-order chi connectivity index (χ0) is 10.6. The van der Waals surface area contributed by atoms with Crippen LogP contribution in [0.5, 0.6) is 0 Å². The molecule has 0 aromatic rings. The van der Waals surface area contributed by atoms with Gasteiger partial charge in [-0.25, -0.2) is 0 Å². The summed E-state index contributed by atoms with van der Waals surface area (Å²) < 4.78 is 0. The van der Waals surface area contributed by atoms with Crippen LogP contribution in [-0.4, -0.2) is 41.6 Å². The van der Waals surface area contributed by atoms with Gasteiger partial charge in [0, 0.05) is 18.5 Å². The molecule has 3 heteroatoms. The van der Waals surface area contributed by atoms with Crippen molar-refractivity contribution in [1.29, 1.82) is 0 Å². The number of halogens is 1. The minimum Gasteiger partial charge on any atom is -0.391 e. The molecular formula is C11H22ClNO. The highest BCUT2D eigenvalue weighted by Crippen LogP contribution is 2.26. The Labute approximate surface area is 92.2 Å². The molecule has 3 atom stereocenters. The van der Waals surface area contributed by atoms with Crippen molar-refractivity contribution in [3.8, 4) is 0 Å². The molecule has 3 unspecified atom stereocenters. The van der Waals surface area contributed by atoms with E-state index >= 15 is 0 Å². The summed E-state index contributed by atoms with van der Waals surface area (Å²) in [5, 5.41) is 9.45. The van der Waals surface area contributed by atoms with E-state index in [9.17, 15) is 5.11 Å². The standard InChI is InChI=1S/C11H22ClNO/c1-9-4-3-5-10(6-9)13(2)8-11(14)7-12/h9-11,14H,3-8H2,1-2H3. The van der Waals surface area contributed by atoms with Crippen LogP contribution in [-0.2, 0) is 0 Å². The second-order valence-electron chi connectivity index (χ2n) is 4.67. The molecule has 1 N–H and O–H groups in total. The Hall–Kier alpha value is 0.210. The lowest BCUT2D eigenvalue weighted by Gasteiger charge is -2.34. The Morgan fingerprint density at radius 3 is 2.79 bits per heavy atom. The molecule has 0 radical (unpaired) electrons. The molecular weight excluding hydrogens is 198 g/mol. The first-order valence-electron chi connectivity index (χ1n) is 5.57. The lowest BCUT2D eigenvalue weighted by atomic mass is 9.86. The molecule has 0 heterocycles. The zero-order valence-corrected chi connectivity index (χ0v) is 10.0. The molecule has 1 aliphatic carbocycles. The SMILES string of the molecule is CC1CCCC(N(C)CC(O)CCl)C1. The largest absolute Gasteiger partial charge is 0.391 e.